The highest BCUT2D eigenvalue weighted by Crippen LogP contribution is 2.45. The number of benzene rings is 1. The molecule has 0 bridgehead atoms. The number of fused-ring (bicyclic) bond motifs is 1. The third kappa shape index (κ3) is 4.97. The number of hydrogen-bond acceptors (Lipinski definition) is 7. The summed E-state index contributed by atoms with van der Waals surface area (Å²) in [6, 6.07) is 3.31. The van der Waals surface area contributed by atoms with E-state index >= 15 is 0 Å². The first-order valence-electron chi connectivity index (χ1n) is 11.9. The molecule has 2 heterocycles. The summed E-state index contributed by atoms with van der Waals surface area (Å²) in [5, 5.41) is 14.2. The van der Waals surface area contributed by atoms with Gasteiger partial charge in [0.15, 0.2) is 4.36 Å². The number of rotatable bonds is 6. The van der Waals surface area contributed by atoms with Crippen molar-refractivity contribution in [2.45, 2.75) is 63.8 Å². The Bertz CT molecular complexity index is 1370. The molecule has 4 rings (SSSR count). The van der Waals surface area contributed by atoms with E-state index in [2.05, 4.69) is 10.0 Å². The normalized spacial score (nSPS) is 22.8. The highest BCUT2D eigenvalue weighted by atomic mass is 35.5. The number of anilines is 2. The predicted octanol–water partition coefficient (Wildman–Crippen LogP) is 4.31. The maximum atomic E-state index is 13.7. The summed E-state index contributed by atoms with van der Waals surface area (Å²) in [6.45, 7) is 6.20. The van der Waals surface area contributed by atoms with Gasteiger partial charge in [0.05, 0.1) is 28.6 Å². The van der Waals surface area contributed by atoms with Crippen LogP contribution in [0.2, 0.25) is 0 Å². The lowest BCUT2D eigenvalue weighted by molar-refractivity contribution is -0.128. The number of amides is 1. The zero-order chi connectivity index (χ0) is 26.6. The zero-order valence-electron chi connectivity index (χ0n) is 20.8. The lowest BCUT2D eigenvalue weighted by Crippen LogP contribution is -2.44. The molecule has 12 heteroatoms. The van der Waals surface area contributed by atoms with Gasteiger partial charge in [0, 0.05) is 12.2 Å². The first-order chi connectivity index (χ1) is 16.6. The highest BCUT2D eigenvalue weighted by Gasteiger charge is 2.48. The van der Waals surface area contributed by atoms with E-state index in [1.165, 1.54) is 25.0 Å². The number of sulfone groups is 1. The molecule has 2 aliphatic heterocycles. The van der Waals surface area contributed by atoms with Crippen molar-refractivity contribution in [1.29, 1.82) is 0 Å². The molecule has 3 N–H and O–H groups in total. The summed E-state index contributed by atoms with van der Waals surface area (Å²) in [4.78, 5) is 15.1. The number of halogens is 1. The molecular formula is C24H32ClN3O6S2. The molecule has 198 valence electrons. The topological polar surface area (TPSA) is 133 Å². The van der Waals surface area contributed by atoms with Crippen LogP contribution in [0.3, 0.4) is 0 Å². The minimum absolute atomic E-state index is 0.0550. The van der Waals surface area contributed by atoms with Crippen LogP contribution in [0.4, 0.5) is 11.4 Å². The second-order valence-electron chi connectivity index (χ2n) is 10.8. The van der Waals surface area contributed by atoms with Gasteiger partial charge in [-0.15, -0.1) is 0 Å². The smallest absolute Gasteiger partial charge is 0.260 e. The molecule has 1 amide bonds. The van der Waals surface area contributed by atoms with Crippen molar-refractivity contribution in [3.8, 4) is 0 Å². The van der Waals surface area contributed by atoms with Crippen LogP contribution in [0.25, 0.3) is 0 Å². The summed E-state index contributed by atoms with van der Waals surface area (Å²) in [7, 11) is -7.93. The second-order valence-corrected chi connectivity index (χ2v) is 15.0. The van der Waals surface area contributed by atoms with Crippen molar-refractivity contribution in [1.82, 2.24) is 4.90 Å². The van der Waals surface area contributed by atoms with E-state index in [1.54, 1.807) is 4.90 Å². The van der Waals surface area contributed by atoms with E-state index in [9.17, 15) is 26.7 Å². The summed E-state index contributed by atoms with van der Waals surface area (Å²) in [6.07, 6.45) is 6.38. The van der Waals surface area contributed by atoms with Gasteiger partial charge in [-0.05, 0) is 36.0 Å². The van der Waals surface area contributed by atoms with E-state index in [1.807, 2.05) is 20.8 Å². The number of carbonyl (C=O) groups is 1. The molecule has 0 spiro atoms. The lowest BCUT2D eigenvalue weighted by Gasteiger charge is -2.35. The van der Waals surface area contributed by atoms with E-state index in [0.29, 0.717) is 12.5 Å². The summed E-state index contributed by atoms with van der Waals surface area (Å²) >= 11 is 6.36. The van der Waals surface area contributed by atoms with Crippen LogP contribution in [0.1, 0.15) is 52.9 Å². The first-order valence-corrected chi connectivity index (χ1v) is 15.6. The molecule has 1 aromatic rings. The van der Waals surface area contributed by atoms with Gasteiger partial charge < -0.3 is 15.3 Å². The van der Waals surface area contributed by atoms with E-state index in [4.69, 9.17) is 11.6 Å². The fourth-order valence-corrected chi connectivity index (χ4v) is 7.57. The Labute approximate surface area is 217 Å². The van der Waals surface area contributed by atoms with Crippen molar-refractivity contribution in [3.05, 3.63) is 39.6 Å². The molecule has 0 unspecified atom stereocenters. The Morgan fingerprint density at radius 1 is 1.22 bits per heavy atom. The third-order valence-corrected chi connectivity index (χ3v) is 9.89. The van der Waals surface area contributed by atoms with Crippen molar-refractivity contribution >= 4 is 48.7 Å². The fraction of sp³-hybridized carbons (Fsp3) is 0.542. The average molecular weight is 558 g/mol. The van der Waals surface area contributed by atoms with Crippen LogP contribution in [-0.2, 0) is 24.7 Å². The van der Waals surface area contributed by atoms with Gasteiger partial charge in [0.1, 0.15) is 11.3 Å². The van der Waals surface area contributed by atoms with Gasteiger partial charge in [0.2, 0.25) is 19.9 Å². The van der Waals surface area contributed by atoms with Crippen LogP contribution in [-0.4, -0.2) is 51.6 Å². The van der Waals surface area contributed by atoms with Crippen molar-refractivity contribution in [3.63, 3.8) is 0 Å². The largest absolute Gasteiger partial charge is 0.509 e. The second kappa shape index (κ2) is 9.25. The quantitative estimate of drug-likeness (QED) is 0.474. The number of nitrogens with zero attached hydrogens (tertiary/aromatic N) is 1. The molecule has 0 aromatic heterocycles. The Morgan fingerprint density at radius 2 is 1.86 bits per heavy atom. The Balaban J connectivity index is 1.74. The summed E-state index contributed by atoms with van der Waals surface area (Å²) < 4.78 is 51.4. The van der Waals surface area contributed by atoms with Gasteiger partial charge in [-0.2, -0.15) is 0 Å². The minimum atomic E-state index is -4.30. The van der Waals surface area contributed by atoms with Gasteiger partial charge in [-0.25, -0.2) is 16.8 Å². The van der Waals surface area contributed by atoms with Crippen molar-refractivity contribution in [2.75, 3.05) is 22.8 Å². The Morgan fingerprint density at radius 3 is 2.44 bits per heavy atom. The van der Waals surface area contributed by atoms with Crippen LogP contribution >= 0.6 is 11.6 Å². The number of aliphatic hydroxyl groups is 1. The lowest BCUT2D eigenvalue weighted by atomic mass is 9.85. The summed E-state index contributed by atoms with van der Waals surface area (Å²) in [5.41, 5.74) is -0.660. The van der Waals surface area contributed by atoms with E-state index in [0.717, 1.165) is 31.6 Å². The third-order valence-electron chi connectivity index (χ3n) is 6.89. The number of hydrogen-bond donors (Lipinski definition) is 3. The summed E-state index contributed by atoms with van der Waals surface area (Å²) in [5.74, 6) is -0.157. The molecule has 0 radical (unpaired) electrons. The Kier molecular flexibility index (Phi) is 6.89. The number of nitrogens with one attached hydrogen (secondary N) is 2. The maximum Gasteiger partial charge on any atom is 0.260 e. The average Bonchev–Trinajstić information content (AvgIpc) is 3.34. The number of aliphatic hydroxyl groups excluding tert-OH is 1. The first kappa shape index (κ1) is 26.8. The molecule has 9 nitrogen and oxygen atoms in total. The number of sulfonamides is 1. The van der Waals surface area contributed by atoms with Crippen LogP contribution in [0, 0.1) is 11.3 Å². The molecule has 36 heavy (non-hydrogen) atoms. The van der Waals surface area contributed by atoms with Gasteiger partial charge in [-0.3, -0.25) is 9.52 Å². The van der Waals surface area contributed by atoms with Gasteiger partial charge in [0.25, 0.3) is 5.91 Å². The molecule has 3 aliphatic rings. The maximum absolute atomic E-state index is 13.7. The Hall–Kier alpha value is -2.24. The monoisotopic (exact) mass is 557 g/mol. The number of carbonyl (C=O) groups excluding carboxylic acids is 1. The van der Waals surface area contributed by atoms with Crippen LogP contribution in [0.15, 0.2) is 44.5 Å². The predicted molar refractivity (Wildman–Crippen MR) is 140 cm³/mol. The fourth-order valence-electron chi connectivity index (χ4n) is 5.32. The molecular weight excluding hydrogens is 526 g/mol. The van der Waals surface area contributed by atoms with Gasteiger partial charge in [-0.1, -0.05) is 58.1 Å². The molecule has 1 fully saturated rings. The molecule has 1 aliphatic carbocycles. The van der Waals surface area contributed by atoms with Crippen LogP contribution < -0.4 is 10.0 Å². The molecule has 0 saturated heterocycles. The standard InChI is InChI=1S/C24H32ClN3O6S2/c1-24(2,3)21-20(29)18(23(30)28(21)12-11-14-7-5-6-8-14)19-22(25)36(33,34)17-13-15(27-35(4,31)32)9-10-16(17)26-19/h9-10,13-14,21,26-27,29H,5-8,11-12H2,1-4H3/t21-/m1/s1. The van der Waals surface area contributed by atoms with E-state index in [-0.39, 0.29) is 33.3 Å². The minimum Gasteiger partial charge on any atom is -0.509 e. The zero-order valence-corrected chi connectivity index (χ0v) is 23.1. The molecule has 1 saturated carbocycles. The van der Waals surface area contributed by atoms with E-state index < -0.39 is 41.6 Å². The SMILES string of the molecule is CC(C)(C)[C@H]1C(O)=C(C2=C(Cl)S(=O)(=O)c3cc(NS(C)(=O)=O)ccc3N2)C(=O)N1CCC1CCCC1. The molecule has 1 atom stereocenters. The highest BCUT2D eigenvalue weighted by molar-refractivity contribution is 7.97. The van der Waals surface area contributed by atoms with Crippen molar-refractivity contribution in [2.24, 2.45) is 11.3 Å². The van der Waals surface area contributed by atoms with Crippen LogP contribution in [0.5, 0.6) is 0 Å². The van der Waals surface area contributed by atoms with Crippen molar-refractivity contribution < 1.29 is 26.7 Å². The van der Waals surface area contributed by atoms with Gasteiger partial charge >= 0.3 is 0 Å². The molecule has 1 aromatic carbocycles.